The van der Waals surface area contributed by atoms with Crippen LogP contribution in [0.4, 0.5) is 0 Å². The molecule has 176 valence electrons. The van der Waals surface area contributed by atoms with Crippen molar-refractivity contribution in [1.82, 2.24) is 35.1 Å². The van der Waals surface area contributed by atoms with Crippen molar-refractivity contribution in [3.8, 4) is 0 Å². The summed E-state index contributed by atoms with van der Waals surface area (Å²) in [6.45, 7) is 7.11. The van der Waals surface area contributed by atoms with Crippen LogP contribution in [0, 0.1) is 13.8 Å². The molecule has 34 heavy (non-hydrogen) atoms. The first-order chi connectivity index (χ1) is 16.5. The molecular formula is C25H29N7O2. The van der Waals surface area contributed by atoms with Gasteiger partial charge in [0.05, 0.1) is 19.2 Å². The zero-order chi connectivity index (χ0) is 23.5. The van der Waals surface area contributed by atoms with Gasteiger partial charge in [0.15, 0.2) is 5.82 Å². The Labute approximate surface area is 197 Å². The molecule has 9 heteroatoms. The highest BCUT2D eigenvalue weighted by Gasteiger charge is 2.21. The number of nitrogens with one attached hydrogen (secondary N) is 1. The van der Waals surface area contributed by atoms with Crippen LogP contribution in [0.1, 0.15) is 40.9 Å². The molecule has 9 nitrogen and oxygen atoms in total. The molecule has 0 bridgehead atoms. The van der Waals surface area contributed by atoms with Gasteiger partial charge in [-0.3, -0.25) is 14.7 Å². The fraction of sp³-hybridized carbons (Fsp3) is 0.400. The van der Waals surface area contributed by atoms with Crippen molar-refractivity contribution in [2.24, 2.45) is 0 Å². The number of aromatic amines is 1. The van der Waals surface area contributed by atoms with Crippen molar-refractivity contribution in [2.75, 3.05) is 6.61 Å². The number of hydrogen-bond acceptors (Lipinski definition) is 7. The average molecular weight is 460 g/mol. The van der Waals surface area contributed by atoms with Crippen LogP contribution in [0.3, 0.4) is 0 Å². The number of fused-ring (bicyclic) bond motifs is 1. The van der Waals surface area contributed by atoms with Crippen LogP contribution in [-0.2, 0) is 30.9 Å². The Balaban J connectivity index is 1.43. The molecule has 1 aromatic carbocycles. The molecule has 4 heterocycles. The lowest BCUT2D eigenvalue weighted by Crippen LogP contribution is -2.29. The number of rotatable bonds is 8. The van der Waals surface area contributed by atoms with E-state index in [1.165, 1.54) is 0 Å². The normalized spacial score (nSPS) is 16.0. The molecule has 1 aliphatic rings. The van der Waals surface area contributed by atoms with E-state index in [1.807, 2.05) is 42.1 Å². The Morgan fingerprint density at radius 3 is 2.91 bits per heavy atom. The molecule has 1 fully saturated rings. The minimum absolute atomic E-state index is 0.0763. The number of ether oxygens (including phenoxy) is 1. The number of nitrogens with zero attached hydrogens (tertiary/aromatic N) is 6. The van der Waals surface area contributed by atoms with Crippen LogP contribution in [0.25, 0.3) is 10.9 Å². The summed E-state index contributed by atoms with van der Waals surface area (Å²) in [6, 6.07) is 10.1. The van der Waals surface area contributed by atoms with Crippen LogP contribution < -0.4 is 5.56 Å². The van der Waals surface area contributed by atoms with Gasteiger partial charge in [-0.1, -0.05) is 12.1 Å². The van der Waals surface area contributed by atoms with Crippen LogP contribution in [0.15, 0.2) is 47.5 Å². The topological polar surface area (TPSA) is 102 Å². The third kappa shape index (κ3) is 5.05. The van der Waals surface area contributed by atoms with Crippen molar-refractivity contribution in [3.63, 3.8) is 0 Å². The van der Waals surface area contributed by atoms with Crippen molar-refractivity contribution in [2.45, 2.75) is 59.0 Å². The average Bonchev–Trinajstić information content (AvgIpc) is 3.48. The Morgan fingerprint density at radius 1 is 1.21 bits per heavy atom. The van der Waals surface area contributed by atoms with Crippen LogP contribution in [0.2, 0.25) is 0 Å². The molecule has 1 unspecified atom stereocenters. The van der Waals surface area contributed by atoms with Gasteiger partial charge in [-0.15, -0.1) is 5.10 Å². The Hall–Kier alpha value is -3.43. The summed E-state index contributed by atoms with van der Waals surface area (Å²) in [5.74, 6) is 0.753. The lowest BCUT2D eigenvalue weighted by Gasteiger charge is -2.22. The smallest absolute Gasteiger partial charge is 0.252 e. The van der Waals surface area contributed by atoms with E-state index in [4.69, 9.17) is 4.74 Å². The minimum Gasteiger partial charge on any atom is -0.376 e. The fourth-order valence-electron chi connectivity index (χ4n) is 4.65. The maximum atomic E-state index is 13.0. The first-order valence-electron chi connectivity index (χ1n) is 11.7. The lowest BCUT2D eigenvalue weighted by atomic mass is 10.0. The predicted molar refractivity (Wildman–Crippen MR) is 128 cm³/mol. The summed E-state index contributed by atoms with van der Waals surface area (Å²) in [5, 5.41) is 13.4. The highest BCUT2D eigenvalue weighted by Crippen LogP contribution is 2.20. The second-order valence-corrected chi connectivity index (χ2v) is 9.09. The molecule has 0 amide bonds. The van der Waals surface area contributed by atoms with Gasteiger partial charge in [0.1, 0.15) is 0 Å². The Morgan fingerprint density at radius 2 is 2.12 bits per heavy atom. The molecule has 3 aromatic heterocycles. The molecule has 5 rings (SSSR count). The molecule has 1 aliphatic heterocycles. The number of hydrogen-bond donors (Lipinski definition) is 1. The maximum absolute atomic E-state index is 13.0. The van der Waals surface area contributed by atoms with E-state index < -0.39 is 0 Å². The number of tetrazole rings is 1. The second kappa shape index (κ2) is 9.82. The molecule has 0 aliphatic carbocycles. The second-order valence-electron chi connectivity index (χ2n) is 9.09. The third-order valence-electron chi connectivity index (χ3n) is 6.28. The van der Waals surface area contributed by atoms with Crippen molar-refractivity contribution in [3.05, 3.63) is 81.2 Å². The van der Waals surface area contributed by atoms with Crippen molar-refractivity contribution < 1.29 is 4.74 Å². The summed E-state index contributed by atoms with van der Waals surface area (Å²) in [7, 11) is 0. The summed E-state index contributed by atoms with van der Waals surface area (Å²) >= 11 is 0. The molecule has 0 radical (unpaired) electrons. The number of benzene rings is 1. The van der Waals surface area contributed by atoms with E-state index in [1.54, 1.807) is 6.20 Å². The lowest BCUT2D eigenvalue weighted by molar-refractivity contribution is 0.0914. The molecular weight excluding hydrogens is 430 g/mol. The first-order valence-corrected chi connectivity index (χ1v) is 11.7. The summed E-state index contributed by atoms with van der Waals surface area (Å²) in [5.41, 5.74) is 4.83. The number of pyridine rings is 2. The summed E-state index contributed by atoms with van der Waals surface area (Å²) < 4.78 is 7.59. The quantitative estimate of drug-likeness (QED) is 0.432. The van der Waals surface area contributed by atoms with Gasteiger partial charge in [0.25, 0.3) is 5.56 Å². The number of aromatic nitrogens is 6. The van der Waals surface area contributed by atoms with Gasteiger partial charge < -0.3 is 9.72 Å². The van der Waals surface area contributed by atoms with Crippen molar-refractivity contribution in [1.29, 1.82) is 0 Å². The van der Waals surface area contributed by atoms with E-state index in [2.05, 4.69) is 43.4 Å². The van der Waals surface area contributed by atoms with Gasteiger partial charge in [-0.25, -0.2) is 4.68 Å². The summed E-state index contributed by atoms with van der Waals surface area (Å²) in [4.78, 5) is 22.5. The van der Waals surface area contributed by atoms with Crippen molar-refractivity contribution >= 4 is 10.9 Å². The minimum atomic E-state index is -0.0763. The van der Waals surface area contributed by atoms with E-state index in [0.717, 1.165) is 52.9 Å². The van der Waals surface area contributed by atoms with Gasteiger partial charge in [0.2, 0.25) is 0 Å². The van der Waals surface area contributed by atoms with Gasteiger partial charge in [-0.2, -0.15) is 0 Å². The Kier molecular flexibility index (Phi) is 6.46. The molecule has 0 spiro atoms. The van der Waals surface area contributed by atoms with E-state index >= 15 is 0 Å². The number of aryl methyl sites for hydroxylation is 2. The van der Waals surface area contributed by atoms with Gasteiger partial charge in [0, 0.05) is 48.6 Å². The van der Waals surface area contributed by atoms with Crippen LogP contribution in [0.5, 0.6) is 0 Å². The van der Waals surface area contributed by atoms with Crippen LogP contribution in [-0.4, -0.2) is 47.8 Å². The van der Waals surface area contributed by atoms with E-state index in [-0.39, 0.29) is 11.7 Å². The fourth-order valence-corrected chi connectivity index (χ4v) is 4.65. The zero-order valence-electron chi connectivity index (χ0n) is 19.6. The largest absolute Gasteiger partial charge is 0.376 e. The highest BCUT2D eigenvalue weighted by atomic mass is 16.5. The standard InChI is InChI=1S/C25H29N7O2/c1-17-9-18(2)22-11-20(25(33)27-23(22)10-17)14-31(13-19-5-3-7-26-12-19)16-24-28-29-30-32(24)15-21-6-4-8-34-21/h3,5,7,9-12,21H,4,6,8,13-16H2,1-2H3,(H,27,33). The Bertz CT molecular complexity index is 1330. The number of H-pyrrole nitrogens is 1. The first kappa shape index (κ1) is 22.4. The zero-order valence-corrected chi connectivity index (χ0v) is 19.6. The van der Waals surface area contributed by atoms with Gasteiger partial charge >= 0.3 is 0 Å². The molecule has 4 aromatic rings. The van der Waals surface area contributed by atoms with Crippen LogP contribution >= 0.6 is 0 Å². The van der Waals surface area contributed by atoms with E-state index in [0.29, 0.717) is 31.7 Å². The molecule has 1 N–H and O–H groups in total. The predicted octanol–water partition coefficient (Wildman–Crippen LogP) is 2.91. The highest BCUT2D eigenvalue weighted by molar-refractivity contribution is 5.83. The maximum Gasteiger partial charge on any atom is 0.252 e. The SMILES string of the molecule is Cc1cc(C)c2cc(CN(Cc3cccnc3)Cc3nnnn3CC3CCCO3)c(=O)[nH]c2c1. The summed E-state index contributed by atoms with van der Waals surface area (Å²) in [6.07, 6.45) is 5.83. The van der Waals surface area contributed by atoms with E-state index in [9.17, 15) is 4.79 Å². The van der Waals surface area contributed by atoms with Gasteiger partial charge in [-0.05, 0) is 72.0 Å². The molecule has 0 saturated carbocycles. The monoisotopic (exact) mass is 459 g/mol. The third-order valence-corrected chi connectivity index (χ3v) is 6.28. The molecule has 1 atom stereocenters. The molecule has 1 saturated heterocycles.